The number of nitrogens with zero attached hydrogens (tertiary/aromatic N) is 1. The highest BCUT2D eigenvalue weighted by Crippen LogP contribution is 2.34. The van der Waals surface area contributed by atoms with E-state index in [-0.39, 0.29) is 51.2 Å². The SMILES string of the molecule is COC[C@@H](CN(CCCCNS(=O)(=O)c1ccc(F)cc1C(F)(F)F)C(=O)NC(C)C)OC(=O)Nc1ccccc1. The molecule has 0 saturated carbocycles. The molecule has 41 heavy (non-hydrogen) atoms. The number of sulfonamides is 1. The Hall–Kier alpha value is -3.43. The number of anilines is 1. The predicted molar refractivity (Wildman–Crippen MR) is 143 cm³/mol. The van der Waals surface area contributed by atoms with Crippen LogP contribution < -0.4 is 15.4 Å². The zero-order valence-electron chi connectivity index (χ0n) is 22.8. The molecule has 0 saturated heterocycles. The first-order valence-electron chi connectivity index (χ1n) is 12.7. The van der Waals surface area contributed by atoms with Gasteiger partial charge in [0.2, 0.25) is 10.0 Å². The predicted octanol–water partition coefficient (Wildman–Crippen LogP) is 4.59. The van der Waals surface area contributed by atoms with Crippen LogP contribution in [0.15, 0.2) is 53.4 Å². The lowest BCUT2D eigenvalue weighted by Gasteiger charge is -2.28. The molecule has 0 bridgehead atoms. The summed E-state index contributed by atoms with van der Waals surface area (Å²) in [5.41, 5.74) is -1.10. The van der Waals surface area contributed by atoms with Gasteiger partial charge in [0.05, 0.1) is 23.6 Å². The van der Waals surface area contributed by atoms with E-state index in [1.54, 1.807) is 44.2 Å². The number of carbonyl (C=O) groups is 2. The maximum atomic E-state index is 13.4. The average molecular weight is 607 g/mol. The van der Waals surface area contributed by atoms with E-state index >= 15 is 0 Å². The van der Waals surface area contributed by atoms with Crippen LogP contribution in [0.25, 0.3) is 0 Å². The molecule has 2 rings (SSSR count). The van der Waals surface area contributed by atoms with Crippen LogP contribution in [-0.4, -0.2) is 70.9 Å². The number of hydrogen-bond donors (Lipinski definition) is 3. The Labute approximate surface area is 236 Å². The third-order valence-corrected chi connectivity index (χ3v) is 6.97. The van der Waals surface area contributed by atoms with Crippen LogP contribution in [0.1, 0.15) is 32.3 Å². The van der Waals surface area contributed by atoms with Crippen LogP contribution in [-0.2, 0) is 25.7 Å². The summed E-state index contributed by atoms with van der Waals surface area (Å²) in [5, 5.41) is 5.31. The van der Waals surface area contributed by atoms with Gasteiger partial charge in [-0.05, 0) is 57.0 Å². The van der Waals surface area contributed by atoms with Gasteiger partial charge in [-0.25, -0.2) is 27.1 Å². The van der Waals surface area contributed by atoms with Gasteiger partial charge in [-0.3, -0.25) is 5.32 Å². The van der Waals surface area contributed by atoms with E-state index in [1.807, 2.05) is 0 Å². The maximum absolute atomic E-state index is 13.4. The Morgan fingerprint density at radius 2 is 1.73 bits per heavy atom. The summed E-state index contributed by atoms with van der Waals surface area (Å²) in [6.07, 6.45) is -6.28. The lowest BCUT2D eigenvalue weighted by atomic mass is 10.2. The topological polar surface area (TPSA) is 126 Å². The van der Waals surface area contributed by atoms with Gasteiger partial charge in [0.15, 0.2) is 0 Å². The van der Waals surface area contributed by atoms with Gasteiger partial charge in [0.1, 0.15) is 11.9 Å². The molecule has 10 nitrogen and oxygen atoms in total. The van der Waals surface area contributed by atoms with Crippen LogP contribution in [0, 0.1) is 5.82 Å². The smallest absolute Gasteiger partial charge is 0.417 e. The molecule has 3 N–H and O–H groups in total. The van der Waals surface area contributed by atoms with Crippen LogP contribution >= 0.6 is 0 Å². The van der Waals surface area contributed by atoms with Crippen molar-refractivity contribution in [1.29, 1.82) is 0 Å². The quantitative estimate of drug-likeness (QED) is 0.214. The van der Waals surface area contributed by atoms with E-state index < -0.39 is 50.7 Å². The van der Waals surface area contributed by atoms with E-state index in [4.69, 9.17) is 9.47 Å². The van der Waals surface area contributed by atoms with Crippen molar-refractivity contribution >= 4 is 27.8 Å². The standard InChI is InChI=1S/C26H34F4N4O6S/c1-18(2)32-24(35)34(16-21(17-39-3)40-25(36)33-20-9-5-4-6-10-20)14-8-7-13-31-41(37,38)23-12-11-19(27)15-22(23)26(28,29)30/h4-6,9-12,15,18,21,31H,7-8,13-14,16-17H2,1-3H3,(H,32,35)(H,33,36)/t21-/m1/s1. The number of urea groups is 1. The Kier molecular flexibility index (Phi) is 12.8. The van der Waals surface area contributed by atoms with E-state index in [0.717, 1.165) is 0 Å². The summed E-state index contributed by atoms with van der Waals surface area (Å²) >= 11 is 0. The minimum atomic E-state index is -5.07. The highest BCUT2D eigenvalue weighted by Gasteiger charge is 2.37. The second-order valence-corrected chi connectivity index (χ2v) is 11.0. The van der Waals surface area contributed by atoms with Gasteiger partial charge in [0, 0.05) is 31.9 Å². The van der Waals surface area contributed by atoms with Gasteiger partial charge in [-0.15, -0.1) is 0 Å². The molecule has 0 aliphatic heterocycles. The first kappa shape index (κ1) is 33.8. The van der Waals surface area contributed by atoms with Crippen LogP contribution in [0.4, 0.5) is 32.8 Å². The monoisotopic (exact) mass is 606 g/mol. The molecule has 0 fully saturated rings. The third-order valence-electron chi connectivity index (χ3n) is 5.45. The Morgan fingerprint density at radius 3 is 2.34 bits per heavy atom. The number of unbranched alkanes of at least 4 members (excludes halogenated alkanes) is 1. The second kappa shape index (κ2) is 15.5. The Balaban J connectivity index is 2.01. The minimum absolute atomic E-state index is 0.0212. The summed E-state index contributed by atoms with van der Waals surface area (Å²) in [5.74, 6) is -1.22. The van der Waals surface area contributed by atoms with E-state index in [9.17, 15) is 35.6 Å². The summed E-state index contributed by atoms with van der Waals surface area (Å²) in [7, 11) is -3.20. The number of methoxy groups -OCH3 is 1. The van der Waals surface area contributed by atoms with Crippen LogP contribution in [0.3, 0.4) is 0 Å². The van der Waals surface area contributed by atoms with Gasteiger partial charge in [0.25, 0.3) is 0 Å². The lowest BCUT2D eigenvalue weighted by molar-refractivity contribution is -0.140. The molecule has 2 aromatic rings. The molecule has 0 aliphatic rings. The Bertz CT molecular complexity index is 1250. The third kappa shape index (κ3) is 11.5. The van der Waals surface area contributed by atoms with Crippen molar-refractivity contribution < 1.29 is 45.0 Å². The molecular formula is C26H34F4N4O6S. The van der Waals surface area contributed by atoms with Crippen molar-refractivity contribution in [2.24, 2.45) is 0 Å². The second-order valence-electron chi connectivity index (χ2n) is 9.27. The zero-order chi connectivity index (χ0) is 30.6. The molecular weight excluding hydrogens is 572 g/mol. The number of alkyl halides is 3. The normalized spacial score (nSPS) is 12.6. The van der Waals surface area contributed by atoms with Crippen molar-refractivity contribution in [3.8, 4) is 0 Å². The fourth-order valence-corrected chi connectivity index (χ4v) is 4.94. The molecule has 0 aliphatic carbocycles. The van der Waals surface area contributed by atoms with Crippen molar-refractivity contribution in [2.45, 2.75) is 49.9 Å². The summed E-state index contributed by atoms with van der Waals surface area (Å²) in [6.45, 7) is 3.30. The molecule has 3 amide bonds. The number of carbonyl (C=O) groups excluding carboxylic acids is 2. The molecule has 2 aromatic carbocycles. The van der Waals surface area contributed by atoms with Crippen molar-refractivity contribution in [3.05, 3.63) is 59.9 Å². The number of nitrogens with one attached hydrogen (secondary N) is 3. The van der Waals surface area contributed by atoms with E-state index in [0.29, 0.717) is 17.8 Å². The summed E-state index contributed by atoms with van der Waals surface area (Å²) < 4.78 is 90.8. The number of ether oxygens (including phenoxy) is 2. The molecule has 0 spiro atoms. The maximum Gasteiger partial charge on any atom is 0.417 e. The molecule has 1 atom stereocenters. The van der Waals surface area contributed by atoms with E-state index in [1.165, 1.54) is 12.0 Å². The van der Waals surface area contributed by atoms with Crippen molar-refractivity contribution in [3.63, 3.8) is 0 Å². The number of para-hydroxylation sites is 1. The number of rotatable bonds is 14. The van der Waals surface area contributed by atoms with E-state index in [2.05, 4.69) is 15.4 Å². The highest BCUT2D eigenvalue weighted by atomic mass is 32.2. The molecule has 15 heteroatoms. The van der Waals surface area contributed by atoms with Crippen molar-refractivity contribution in [2.75, 3.05) is 38.7 Å². The summed E-state index contributed by atoms with van der Waals surface area (Å²) in [4.78, 5) is 25.5. The molecule has 0 aromatic heterocycles. The number of amides is 3. The van der Waals surface area contributed by atoms with Gasteiger partial charge in [-0.2, -0.15) is 13.2 Å². The highest BCUT2D eigenvalue weighted by molar-refractivity contribution is 7.89. The first-order valence-corrected chi connectivity index (χ1v) is 14.1. The summed E-state index contributed by atoms with van der Waals surface area (Å²) in [6, 6.07) is 9.22. The van der Waals surface area contributed by atoms with Crippen LogP contribution in [0.2, 0.25) is 0 Å². The van der Waals surface area contributed by atoms with Gasteiger partial charge in [-0.1, -0.05) is 18.2 Å². The zero-order valence-corrected chi connectivity index (χ0v) is 23.6. The fourth-order valence-electron chi connectivity index (χ4n) is 3.66. The first-order chi connectivity index (χ1) is 19.2. The van der Waals surface area contributed by atoms with Gasteiger partial charge >= 0.3 is 18.3 Å². The lowest BCUT2D eigenvalue weighted by Crippen LogP contribution is -2.48. The molecule has 228 valence electrons. The molecule has 0 heterocycles. The fraction of sp³-hybridized carbons (Fsp3) is 0.462. The van der Waals surface area contributed by atoms with Crippen molar-refractivity contribution in [1.82, 2.24) is 14.9 Å². The van der Waals surface area contributed by atoms with Crippen LogP contribution in [0.5, 0.6) is 0 Å². The number of halogens is 4. The minimum Gasteiger partial charge on any atom is -0.442 e. The van der Waals surface area contributed by atoms with Gasteiger partial charge < -0.3 is 19.7 Å². The number of hydrogen-bond acceptors (Lipinski definition) is 6. The molecule has 0 unspecified atom stereocenters. The Morgan fingerprint density at radius 1 is 1.05 bits per heavy atom. The largest absolute Gasteiger partial charge is 0.442 e. The average Bonchev–Trinajstić information content (AvgIpc) is 2.87. The number of benzene rings is 2. The molecule has 0 radical (unpaired) electrons.